The van der Waals surface area contributed by atoms with Gasteiger partial charge < -0.3 is 25.4 Å². The maximum absolute atomic E-state index is 12.9. The summed E-state index contributed by atoms with van der Waals surface area (Å²) in [6.07, 6.45) is 3.43. The van der Waals surface area contributed by atoms with Crippen molar-refractivity contribution in [3.8, 4) is 5.75 Å². The van der Waals surface area contributed by atoms with Crippen LogP contribution in [-0.4, -0.2) is 65.3 Å². The van der Waals surface area contributed by atoms with Crippen molar-refractivity contribution in [2.45, 2.75) is 76.0 Å². The van der Waals surface area contributed by atoms with E-state index < -0.39 is 21.1 Å². The largest absolute Gasteiger partial charge is 0.489 e. The van der Waals surface area contributed by atoms with Crippen molar-refractivity contribution in [1.29, 1.82) is 0 Å². The number of anilines is 4. The maximum atomic E-state index is 12.9. The number of carbonyl (C=O) groups is 1. The number of aromatic nitrogens is 2. The van der Waals surface area contributed by atoms with Crippen molar-refractivity contribution >= 4 is 50.5 Å². The molecule has 4 rings (SSSR count). The van der Waals surface area contributed by atoms with Gasteiger partial charge in [-0.1, -0.05) is 23.7 Å². The summed E-state index contributed by atoms with van der Waals surface area (Å²) in [5.74, 6) is 0.774. The lowest BCUT2D eigenvalue weighted by atomic mass is 9.86. The third kappa shape index (κ3) is 8.16. The number of carboxylic acid groups (broad SMARTS) is 1. The third-order valence-corrected chi connectivity index (χ3v) is 9.94. The van der Waals surface area contributed by atoms with Crippen molar-refractivity contribution in [3.63, 3.8) is 0 Å². The molecular formula is C31H40ClN5O5S. The molecule has 0 aliphatic carbocycles. The van der Waals surface area contributed by atoms with Crippen LogP contribution in [0.3, 0.4) is 0 Å². The Balaban J connectivity index is 1.58. The van der Waals surface area contributed by atoms with E-state index in [4.69, 9.17) is 21.4 Å². The maximum Gasteiger partial charge on any atom is 0.304 e. The lowest BCUT2D eigenvalue weighted by Gasteiger charge is -2.33. The molecule has 1 saturated heterocycles. The predicted molar refractivity (Wildman–Crippen MR) is 170 cm³/mol. The summed E-state index contributed by atoms with van der Waals surface area (Å²) in [5, 5.41) is 15.0. The van der Waals surface area contributed by atoms with E-state index in [1.165, 1.54) is 11.8 Å². The standard InChI is InChI=1S/C31H40ClN5O5S/c1-19(2)42-27-17-23(22-10-13-37(14-11-22)15-12-29(38)39)21(5)16-26(27)35-31-33-18-24(32)30(36-31)34-25-8-6-7-9-28(25)43(40,41)20(3)4/h6-9,16-20,22H,10-15H2,1-5H3,(H,38,39)(H2,33,34,35,36). The van der Waals surface area contributed by atoms with E-state index in [0.717, 1.165) is 31.5 Å². The zero-order chi connectivity index (χ0) is 31.3. The highest BCUT2D eigenvalue weighted by Gasteiger charge is 2.25. The smallest absolute Gasteiger partial charge is 0.304 e. The van der Waals surface area contributed by atoms with Crippen LogP contribution in [0.5, 0.6) is 5.75 Å². The summed E-state index contributed by atoms with van der Waals surface area (Å²) in [6.45, 7) is 11.6. The minimum absolute atomic E-state index is 0.0725. The van der Waals surface area contributed by atoms with Gasteiger partial charge in [0.25, 0.3) is 0 Å². The first-order valence-corrected chi connectivity index (χ1v) is 16.4. The van der Waals surface area contributed by atoms with Gasteiger partial charge in [-0.2, -0.15) is 4.98 Å². The lowest BCUT2D eigenvalue weighted by molar-refractivity contribution is -0.137. The van der Waals surface area contributed by atoms with E-state index in [1.54, 1.807) is 38.1 Å². The van der Waals surface area contributed by atoms with Crippen LogP contribution < -0.4 is 15.4 Å². The van der Waals surface area contributed by atoms with Gasteiger partial charge in [-0.05, 0) is 102 Å². The second-order valence-corrected chi connectivity index (χ2v) is 14.2. The molecule has 1 aliphatic rings. The average molecular weight is 630 g/mol. The van der Waals surface area contributed by atoms with E-state index in [1.807, 2.05) is 19.9 Å². The first-order chi connectivity index (χ1) is 20.3. The number of rotatable bonds is 12. The first-order valence-electron chi connectivity index (χ1n) is 14.5. The number of aliphatic carboxylic acids is 1. The topological polar surface area (TPSA) is 134 Å². The highest BCUT2D eigenvalue weighted by atomic mass is 35.5. The molecule has 1 aromatic heterocycles. The number of hydrogen-bond donors (Lipinski definition) is 3. The van der Waals surface area contributed by atoms with E-state index in [2.05, 4.69) is 38.5 Å². The van der Waals surface area contributed by atoms with Crippen LogP contribution in [0.1, 0.15) is 64.0 Å². The molecule has 0 atom stereocenters. The van der Waals surface area contributed by atoms with E-state index in [0.29, 0.717) is 29.6 Å². The molecule has 3 N–H and O–H groups in total. The number of benzene rings is 2. The summed E-state index contributed by atoms with van der Waals surface area (Å²) in [5.41, 5.74) is 3.38. The van der Waals surface area contributed by atoms with Crippen molar-refractivity contribution in [2.75, 3.05) is 30.3 Å². The van der Waals surface area contributed by atoms with Gasteiger partial charge >= 0.3 is 5.97 Å². The van der Waals surface area contributed by atoms with Gasteiger partial charge in [0, 0.05) is 6.54 Å². The highest BCUT2D eigenvalue weighted by molar-refractivity contribution is 7.92. The number of hydrogen-bond acceptors (Lipinski definition) is 9. The number of piperidine rings is 1. The van der Waals surface area contributed by atoms with Crippen LogP contribution in [0.2, 0.25) is 5.02 Å². The van der Waals surface area contributed by atoms with Gasteiger partial charge in [0.15, 0.2) is 15.7 Å². The second-order valence-electron chi connectivity index (χ2n) is 11.4. The molecule has 0 amide bonds. The fourth-order valence-corrected chi connectivity index (χ4v) is 6.49. The zero-order valence-corrected chi connectivity index (χ0v) is 26.8. The number of para-hydroxylation sites is 1. The molecule has 3 aromatic rings. The summed E-state index contributed by atoms with van der Waals surface area (Å²) in [7, 11) is -3.55. The Kier molecular flexibility index (Phi) is 10.5. The van der Waals surface area contributed by atoms with Crippen LogP contribution in [0, 0.1) is 6.92 Å². The van der Waals surface area contributed by atoms with Crippen LogP contribution in [0.25, 0.3) is 0 Å². The molecule has 0 bridgehead atoms. The predicted octanol–water partition coefficient (Wildman–Crippen LogP) is 6.55. The van der Waals surface area contributed by atoms with Crippen molar-refractivity contribution in [1.82, 2.24) is 14.9 Å². The molecule has 0 saturated carbocycles. The number of halogens is 1. The minimum atomic E-state index is -3.55. The number of nitrogens with zero attached hydrogens (tertiary/aromatic N) is 3. The molecule has 0 radical (unpaired) electrons. The number of carboxylic acids is 1. The van der Waals surface area contributed by atoms with E-state index in [9.17, 15) is 13.2 Å². The Hall–Kier alpha value is -3.41. The Morgan fingerprint density at radius 1 is 1.12 bits per heavy atom. The molecule has 2 aromatic carbocycles. The van der Waals surface area contributed by atoms with Crippen molar-refractivity contribution in [2.24, 2.45) is 0 Å². The fourth-order valence-electron chi connectivity index (χ4n) is 5.15. The molecule has 10 nitrogen and oxygen atoms in total. The number of nitrogens with one attached hydrogen (secondary N) is 2. The quantitative estimate of drug-likeness (QED) is 0.202. The molecule has 1 fully saturated rings. The van der Waals surface area contributed by atoms with E-state index in [-0.39, 0.29) is 34.2 Å². The Morgan fingerprint density at radius 2 is 1.81 bits per heavy atom. The van der Waals surface area contributed by atoms with Gasteiger partial charge in [0.05, 0.1) is 40.2 Å². The van der Waals surface area contributed by atoms with Crippen LogP contribution >= 0.6 is 11.6 Å². The second kappa shape index (κ2) is 13.9. The number of ether oxygens (including phenoxy) is 1. The molecule has 2 heterocycles. The monoisotopic (exact) mass is 629 g/mol. The molecule has 0 spiro atoms. The summed E-state index contributed by atoms with van der Waals surface area (Å²) in [4.78, 5) is 22.3. The molecule has 1 aliphatic heterocycles. The first kappa shape index (κ1) is 32.5. The third-order valence-electron chi connectivity index (χ3n) is 7.46. The van der Waals surface area contributed by atoms with Crippen molar-refractivity contribution in [3.05, 3.63) is 58.7 Å². The van der Waals surface area contributed by atoms with Gasteiger partial charge in [-0.25, -0.2) is 13.4 Å². The average Bonchev–Trinajstić information content (AvgIpc) is 2.95. The Bertz CT molecular complexity index is 1560. The number of likely N-dealkylation sites (tertiary alicyclic amines) is 1. The van der Waals surface area contributed by atoms with Gasteiger partial charge in [0.1, 0.15) is 10.8 Å². The molecule has 0 unspecified atom stereocenters. The van der Waals surface area contributed by atoms with Crippen LogP contribution in [0.4, 0.5) is 23.1 Å². The molecule has 43 heavy (non-hydrogen) atoms. The zero-order valence-electron chi connectivity index (χ0n) is 25.2. The Labute approximate surface area is 258 Å². The van der Waals surface area contributed by atoms with Crippen LogP contribution in [0.15, 0.2) is 47.5 Å². The summed E-state index contributed by atoms with van der Waals surface area (Å²) in [6, 6.07) is 10.8. The summed E-state index contributed by atoms with van der Waals surface area (Å²) >= 11 is 6.43. The van der Waals surface area contributed by atoms with Gasteiger partial charge in [-0.3, -0.25) is 4.79 Å². The number of aryl methyl sites for hydroxylation is 1. The van der Waals surface area contributed by atoms with Crippen molar-refractivity contribution < 1.29 is 23.1 Å². The van der Waals surface area contributed by atoms with Gasteiger partial charge in [-0.15, -0.1) is 0 Å². The molecule has 12 heteroatoms. The van der Waals surface area contributed by atoms with E-state index >= 15 is 0 Å². The minimum Gasteiger partial charge on any atom is -0.489 e. The highest BCUT2D eigenvalue weighted by Crippen LogP contribution is 2.38. The lowest BCUT2D eigenvalue weighted by Crippen LogP contribution is -2.34. The Morgan fingerprint density at radius 3 is 2.47 bits per heavy atom. The van der Waals surface area contributed by atoms with Crippen LogP contribution in [-0.2, 0) is 14.6 Å². The van der Waals surface area contributed by atoms with Gasteiger partial charge in [0.2, 0.25) is 5.95 Å². The SMILES string of the molecule is Cc1cc(Nc2ncc(Cl)c(Nc3ccccc3S(=O)(=O)C(C)C)n2)c(OC(C)C)cc1C1CCN(CCC(=O)O)CC1. The summed E-state index contributed by atoms with van der Waals surface area (Å²) < 4.78 is 32.1. The fraction of sp³-hybridized carbons (Fsp3) is 0.452. The molecule has 232 valence electrons. The normalized spacial score (nSPS) is 14.7. The number of sulfone groups is 1. The molecular weight excluding hydrogens is 590 g/mol.